The Labute approximate surface area is 96.1 Å². The van der Waals surface area contributed by atoms with Crippen LogP contribution in [0.2, 0.25) is 0 Å². The second-order valence-corrected chi connectivity index (χ2v) is 3.53. The van der Waals surface area contributed by atoms with Gasteiger partial charge in [0, 0.05) is 12.6 Å². The molecule has 6 nitrogen and oxygen atoms in total. The molecule has 2 heterocycles. The molecule has 0 aliphatic rings. The summed E-state index contributed by atoms with van der Waals surface area (Å²) < 4.78 is 1.60. The molecule has 0 radical (unpaired) electrons. The van der Waals surface area contributed by atoms with Crippen LogP contribution in [0.5, 0.6) is 0 Å². The number of imidazole rings is 1. The second-order valence-electron chi connectivity index (χ2n) is 3.53. The van der Waals surface area contributed by atoms with Crippen LogP contribution in [-0.4, -0.2) is 31.5 Å². The molecule has 2 aromatic rings. The van der Waals surface area contributed by atoms with Gasteiger partial charge in [0.05, 0.1) is 11.9 Å². The number of carboxylic acids is 2. The Morgan fingerprint density at radius 3 is 2.71 bits per heavy atom. The predicted molar refractivity (Wildman–Crippen MR) is 58.1 cm³/mol. The van der Waals surface area contributed by atoms with Crippen LogP contribution in [0.1, 0.15) is 22.7 Å². The molecular weight excluding hydrogens is 224 g/mol. The zero-order valence-corrected chi connectivity index (χ0v) is 8.83. The molecule has 0 aromatic carbocycles. The topological polar surface area (TPSA) is 91.9 Å². The maximum atomic E-state index is 11.0. The van der Waals surface area contributed by atoms with E-state index in [1.54, 1.807) is 28.8 Å². The summed E-state index contributed by atoms with van der Waals surface area (Å²) in [4.78, 5) is 25.4. The van der Waals surface area contributed by atoms with Crippen LogP contribution < -0.4 is 0 Å². The first-order valence-corrected chi connectivity index (χ1v) is 5.00. The number of aliphatic carboxylic acids is 1. The van der Waals surface area contributed by atoms with E-state index < -0.39 is 11.9 Å². The van der Waals surface area contributed by atoms with Crippen molar-refractivity contribution >= 4 is 17.5 Å². The average molecular weight is 234 g/mol. The SMILES string of the molecule is O=C(O)CCc1nc(C(=O)O)c2ccccn12. The standard InChI is InChI=1S/C11H10N2O4/c14-9(15)5-4-8-12-10(11(16)17)7-3-1-2-6-13(7)8/h1-3,6H,4-5H2,(H,14,15)(H,16,17). The Balaban J connectivity index is 2.49. The summed E-state index contributed by atoms with van der Waals surface area (Å²) >= 11 is 0. The first-order chi connectivity index (χ1) is 8.09. The van der Waals surface area contributed by atoms with E-state index in [0.29, 0.717) is 11.3 Å². The quantitative estimate of drug-likeness (QED) is 0.824. The summed E-state index contributed by atoms with van der Waals surface area (Å²) in [5, 5.41) is 17.6. The second kappa shape index (κ2) is 4.25. The monoisotopic (exact) mass is 234 g/mol. The van der Waals surface area contributed by atoms with Gasteiger partial charge in [-0.1, -0.05) is 6.07 Å². The van der Waals surface area contributed by atoms with Crippen LogP contribution in [0.25, 0.3) is 5.52 Å². The van der Waals surface area contributed by atoms with Crippen molar-refractivity contribution in [1.82, 2.24) is 9.38 Å². The lowest BCUT2D eigenvalue weighted by Crippen LogP contribution is -2.01. The highest BCUT2D eigenvalue weighted by molar-refractivity contribution is 5.93. The van der Waals surface area contributed by atoms with Gasteiger partial charge >= 0.3 is 11.9 Å². The van der Waals surface area contributed by atoms with Crippen molar-refractivity contribution in [3.8, 4) is 0 Å². The van der Waals surface area contributed by atoms with Crippen molar-refractivity contribution in [3.63, 3.8) is 0 Å². The number of aromatic carboxylic acids is 1. The minimum Gasteiger partial charge on any atom is -0.481 e. The number of fused-ring (bicyclic) bond motifs is 1. The van der Waals surface area contributed by atoms with Crippen LogP contribution in [0.3, 0.4) is 0 Å². The van der Waals surface area contributed by atoms with Gasteiger partial charge in [0.2, 0.25) is 0 Å². The van der Waals surface area contributed by atoms with Crippen molar-refractivity contribution < 1.29 is 19.8 Å². The van der Waals surface area contributed by atoms with Gasteiger partial charge in [0.25, 0.3) is 0 Å². The normalized spacial score (nSPS) is 10.6. The van der Waals surface area contributed by atoms with E-state index in [9.17, 15) is 9.59 Å². The van der Waals surface area contributed by atoms with Crippen molar-refractivity contribution in [2.75, 3.05) is 0 Å². The number of hydrogen-bond donors (Lipinski definition) is 2. The largest absolute Gasteiger partial charge is 0.481 e. The highest BCUT2D eigenvalue weighted by atomic mass is 16.4. The Hall–Kier alpha value is -2.37. The lowest BCUT2D eigenvalue weighted by molar-refractivity contribution is -0.137. The molecule has 2 rings (SSSR count). The molecule has 0 aliphatic carbocycles. The molecule has 0 amide bonds. The van der Waals surface area contributed by atoms with Gasteiger partial charge in [-0.3, -0.25) is 4.79 Å². The number of nitrogens with zero attached hydrogens (tertiary/aromatic N) is 2. The number of carboxylic acid groups (broad SMARTS) is 2. The summed E-state index contributed by atoms with van der Waals surface area (Å²) in [5.74, 6) is -1.61. The van der Waals surface area contributed by atoms with Gasteiger partial charge in [0.15, 0.2) is 5.69 Å². The summed E-state index contributed by atoms with van der Waals surface area (Å²) in [6, 6.07) is 5.09. The zero-order chi connectivity index (χ0) is 12.4. The molecule has 0 atom stereocenters. The van der Waals surface area contributed by atoms with Crippen LogP contribution in [0.4, 0.5) is 0 Å². The van der Waals surface area contributed by atoms with Crippen LogP contribution in [0, 0.1) is 0 Å². The maximum Gasteiger partial charge on any atom is 0.356 e. The molecule has 0 fully saturated rings. The Morgan fingerprint density at radius 1 is 1.29 bits per heavy atom. The Bertz CT molecular complexity index is 588. The smallest absolute Gasteiger partial charge is 0.356 e. The van der Waals surface area contributed by atoms with Crippen molar-refractivity contribution in [1.29, 1.82) is 0 Å². The van der Waals surface area contributed by atoms with E-state index in [1.807, 2.05) is 0 Å². The molecule has 0 unspecified atom stereocenters. The van der Waals surface area contributed by atoms with Gasteiger partial charge in [-0.25, -0.2) is 9.78 Å². The summed E-state index contributed by atoms with van der Waals surface area (Å²) in [6.07, 6.45) is 1.80. The molecule has 0 spiro atoms. The lowest BCUT2D eigenvalue weighted by atomic mass is 10.3. The Morgan fingerprint density at radius 2 is 2.06 bits per heavy atom. The summed E-state index contributed by atoms with van der Waals surface area (Å²) in [6.45, 7) is 0. The van der Waals surface area contributed by atoms with E-state index in [1.165, 1.54) is 0 Å². The first kappa shape index (κ1) is 11.1. The van der Waals surface area contributed by atoms with Gasteiger partial charge in [-0.2, -0.15) is 0 Å². The van der Waals surface area contributed by atoms with Crippen LogP contribution in [0.15, 0.2) is 24.4 Å². The third-order valence-electron chi connectivity index (χ3n) is 2.39. The number of carbonyl (C=O) groups is 2. The first-order valence-electron chi connectivity index (χ1n) is 5.00. The third kappa shape index (κ3) is 2.10. The minimum absolute atomic E-state index is 0.0500. The van der Waals surface area contributed by atoms with Crippen LogP contribution >= 0.6 is 0 Å². The third-order valence-corrected chi connectivity index (χ3v) is 2.39. The molecule has 17 heavy (non-hydrogen) atoms. The van der Waals surface area contributed by atoms with Gasteiger partial charge < -0.3 is 14.6 Å². The molecular formula is C11H10N2O4. The van der Waals surface area contributed by atoms with E-state index >= 15 is 0 Å². The number of rotatable bonds is 4. The number of hydrogen-bond acceptors (Lipinski definition) is 3. The van der Waals surface area contributed by atoms with Crippen molar-refractivity contribution in [3.05, 3.63) is 35.9 Å². The number of pyridine rings is 1. The van der Waals surface area contributed by atoms with E-state index in [-0.39, 0.29) is 18.5 Å². The highest BCUT2D eigenvalue weighted by Crippen LogP contribution is 2.14. The summed E-state index contributed by atoms with van der Waals surface area (Å²) in [5.41, 5.74) is 0.423. The van der Waals surface area contributed by atoms with E-state index in [4.69, 9.17) is 10.2 Å². The molecule has 2 aromatic heterocycles. The molecule has 0 aliphatic heterocycles. The molecule has 2 N–H and O–H groups in total. The maximum absolute atomic E-state index is 11.0. The van der Waals surface area contributed by atoms with E-state index in [2.05, 4.69) is 4.98 Å². The molecule has 0 saturated carbocycles. The molecule has 6 heteroatoms. The number of aromatic nitrogens is 2. The van der Waals surface area contributed by atoms with Gasteiger partial charge in [-0.15, -0.1) is 0 Å². The fourth-order valence-corrected chi connectivity index (χ4v) is 1.65. The van der Waals surface area contributed by atoms with Gasteiger partial charge in [0.1, 0.15) is 5.82 Å². The summed E-state index contributed by atoms with van der Waals surface area (Å²) in [7, 11) is 0. The van der Waals surface area contributed by atoms with E-state index in [0.717, 1.165) is 0 Å². The average Bonchev–Trinajstić information content (AvgIpc) is 2.65. The fourth-order valence-electron chi connectivity index (χ4n) is 1.65. The zero-order valence-electron chi connectivity index (χ0n) is 8.83. The van der Waals surface area contributed by atoms with Crippen LogP contribution in [-0.2, 0) is 11.2 Å². The Kier molecular flexibility index (Phi) is 2.78. The van der Waals surface area contributed by atoms with Crippen molar-refractivity contribution in [2.24, 2.45) is 0 Å². The predicted octanol–water partition coefficient (Wildman–Crippen LogP) is 1.05. The van der Waals surface area contributed by atoms with Gasteiger partial charge in [-0.05, 0) is 12.1 Å². The highest BCUT2D eigenvalue weighted by Gasteiger charge is 2.16. The fraction of sp³-hybridized carbons (Fsp3) is 0.182. The minimum atomic E-state index is -1.12. The lowest BCUT2D eigenvalue weighted by Gasteiger charge is -1.97. The molecule has 0 bridgehead atoms. The number of aryl methyl sites for hydroxylation is 1. The molecule has 88 valence electrons. The molecule has 0 saturated heterocycles. The van der Waals surface area contributed by atoms with Crippen molar-refractivity contribution in [2.45, 2.75) is 12.8 Å².